The summed E-state index contributed by atoms with van der Waals surface area (Å²) >= 11 is 0. The Kier molecular flexibility index (Phi) is 4.59. The maximum atomic E-state index is 12.8. The Balaban J connectivity index is 1.92. The molecule has 0 atom stereocenters. The monoisotopic (exact) mass is 395 g/mol. The van der Waals surface area contributed by atoms with E-state index in [9.17, 15) is 20.7 Å². The second-order valence-corrected chi connectivity index (χ2v) is 8.37. The molecule has 3 aromatic rings. The zero-order valence-corrected chi connectivity index (χ0v) is 15.2. The van der Waals surface area contributed by atoms with Gasteiger partial charge in [-0.25, -0.2) is 8.42 Å². The van der Waals surface area contributed by atoms with Gasteiger partial charge >= 0.3 is 10.5 Å². The van der Waals surface area contributed by atoms with Crippen LogP contribution in [0, 0.1) is 0 Å². The molecule has 0 unspecified atom stereocenters. The van der Waals surface area contributed by atoms with Gasteiger partial charge in [0.15, 0.2) is 0 Å². The molecule has 136 valence electrons. The SMILES string of the molecule is CN(c1ccc(OS(=O)(=O)F)cc1)S(=O)(=O)c1ccc2ccccc2c1. The number of anilines is 1. The largest absolute Gasteiger partial charge is 0.488 e. The number of nitrogens with zero attached hydrogens (tertiary/aromatic N) is 1. The van der Waals surface area contributed by atoms with Crippen LogP contribution in [0.2, 0.25) is 0 Å². The molecular weight excluding hydrogens is 381 g/mol. The van der Waals surface area contributed by atoms with E-state index >= 15 is 0 Å². The fourth-order valence-electron chi connectivity index (χ4n) is 2.45. The molecule has 0 aliphatic heterocycles. The van der Waals surface area contributed by atoms with Gasteiger partial charge in [-0.2, -0.15) is 8.42 Å². The Labute approximate surface area is 150 Å². The number of fused-ring (bicyclic) bond motifs is 1. The third kappa shape index (κ3) is 3.78. The smallest absolute Gasteiger partial charge is 0.358 e. The van der Waals surface area contributed by atoms with E-state index in [1.165, 1.54) is 37.4 Å². The van der Waals surface area contributed by atoms with E-state index in [0.29, 0.717) is 0 Å². The van der Waals surface area contributed by atoms with E-state index in [1.807, 2.05) is 24.3 Å². The summed E-state index contributed by atoms with van der Waals surface area (Å²) in [5.74, 6) is -0.257. The van der Waals surface area contributed by atoms with E-state index in [0.717, 1.165) is 15.1 Å². The molecule has 0 bridgehead atoms. The Morgan fingerprint density at radius 3 is 2.08 bits per heavy atom. The van der Waals surface area contributed by atoms with Crippen molar-refractivity contribution in [2.24, 2.45) is 0 Å². The fraction of sp³-hybridized carbons (Fsp3) is 0.0588. The maximum absolute atomic E-state index is 12.8. The third-order valence-electron chi connectivity index (χ3n) is 3.78. The number of halogens is 1. The van der Waals surface area contributed by atoms with E-state index in [2.05, 4.69) is 4.18 Å². The molecule has 0 fully saturated rings. The lowest BCUT2D eigenvalue weighted by molar-refractivity contribution is 0.440. The van der Waals surface area contributed by atoms with Gasteiger partial charge in [-0.05, 0) is 47.2 Å². The molecule has 0 aromatic heterocycles. The molecule has 0 radical (unpaired) electrons. The number of hydrogen-bond donors (Lipinski definition) is 0. The highest BCUT2D eigenvalue weighted by atomic mass is 32.3. The van der Waals surface area contributed by atoms with Crippen LogP contribution in [0.4, 0.5) is 9.57 Å². The number of sulfonamides is 1. The van der Waals surface area contributed by atoms with E-state index < -0.39 is 20.5 Å². The van der Waals surface area contributed by atoms with Crippen LogP contribution in [0.15, 0.2) is 71.6 Å². The van der Waals surface area contributed by atoms with Crippen molar-refractivity contribution in [2.45, 2.75) is 4.90 Å². The molecule has 0 saturated heterocycles. The average Bonchev–Trinajstić information content (AvgIpc) is 2.60. The summed E-state index contributed by atoms with van der Waals surface area (Å²) < 4.78 is 64.3. The molecule has 0 spiro atoms. The summed E-state index contributed by atoms with van der Waals surface area (Å²) in [4.78, 5) is 0.116. The van der Waals surface area contributed by atoms with Gasteiger partial charge in [0, 0.05) is 7.05 Å². The topological polar surface area (TPSA) is 80.8 Å². The summed E-state index contributed by atoms with van der Waals surface area (Å²) in [6.07, 6.45) is 0. The van der Waals surface area contributed by atoms with Crippen molar-refractivity contribution >= 4 is 37.0 Å². The van der Waals surface area contributed by atoms with Gasteiger partial charge in [0.25, 0.3) is 10.0 Å². The van der Waals surface area contributed by atoms with Crippen molar-refractivity contribution < 1.29 is 24.9 Å². The molecule has 6 nitrogen and oxygen atoms in total. The van der Waals surface area contributed by atoms with Gasteiger partial charge in [-0.15, -0.1) is 0 Å². The molecule has 0 aliphatic carbocycles. The zero-order valence-electron chi connectivity index (χ0n) is 13.5. The van der Waals surface area contributed by atoms with Gasteiger partial charge in [0.1, 0.15) is 5.75 Å². The standard InChI is InChI=1S/C17H14FNO5S2/c1-19(15-7-9-16(10-8-15)24-26(18,22)23)25(20,21)17-11-6-13-4-2-3-5-14(13)12-17/h2-12H,1H3. The summed E-state index contributed by atoms with van der Waals surface area (Å²) in [5.41, 5.74) is 0.266. The van der Waals surface area contributed by atoms with Gasteiger partial charge in [-0.1, -0.05) is 34.2 Å². The van der Waals surface area contributed by atoms with Crippen LogP contribution in [-0.2, 0) is 20.5 Å². The first-order valence-electron chi connectivity index (χ1n) is 7.39. The van der Waals surface area contributed by atoms with E-state index in [-0.39, 0.29) is 16.3 Å². The van der Waals surface area contributed by atoms with Crippen LogP contribution in [0.3, 0.4) is 0 Å². The predicted molar refractivity (Wildman–Crippen MR) is 96.6 cm³/mol. The summed E-state index contributed by atoms with van der Waals surface area (Å²) in [7, 11) is -7.60. The van der Waals surface area contributed by atoms with E-state index in [1.54, 1.807) is 12.1 Å². The minimum Gasteiger partial charge on any atom is -0.358 e. The molecule has 9 heteroatoms. The average molecular weight is 395 g/mol. The molecule has 0 heterocycles. The van der Waals surface area contributed by atoms with Crippen LogP contribution < -0.4 is 8.49 Å². The quantitative estimate of drug-likeness (QED) is 0.620. The minimum absolute atomic E-state index is 0.116. The molecule has 26 heavy (non-hydrogen) atoms. The molecule has 3 rings (SSSR count). The molecule has 0 aliphatic rings. The highest BCUT2D eigenvalue weighted by Crippen LogP contribution is 2.27. The van der Waals surface area contributed by atoms with E-state index in [4.69, 9.17) is 0 Å². The van der Waals surface area contributed by atoms with Crippen molar-refractivity contribution in [3.63, 3.8) is 0 Å². The lowest BCUT2D eigenvalue weighted by Crippen LogP contribution is -2.26. The first kappa shape index (κ1) is 18.2. The van der Waals surface area contributed by atoms with Crippen LogP contribution in [0.5, 0.6) is 5.75 Å². The predicted octanol–water partition coefficient (Wildman–Crippen LogP) is 3.26. The number of rotatable bonds is 5. The lowest BCUT2D eigenvalue weighted by Gasteiger charge is -2.20. The van der Waals surface area contributed by atoms with Crippen LogP contribution >= 0.6 is 0 Å². The first-order valence-corrected chi connectivity index (χ1v) is 10.1. The van der Waals surface area contributed by atoms with Gasteiger partial charge in [-0.3, -0.25) is 4.31 Å². The number of benzene rings is 3. The Morgan fingerprint density at radius 2 is 1.46 bits per heavy atom. The Hall–Kier alpha value is -2.65. The number of hydrogen-bond acceptors (Lipinski definition) is 5. The Morgan fingerprint density at radius 1 is 0.846 bits per heavy atom. The van der Waals surface area contributed by atoms with Crippen molar-refractivity contribution in [3.05, 3.63) is 66.7 Å². The highest BCUT2D eigenvalue weighted by molar-refractivity contribution is 7.92. The third-order valence-corrected chi connectivity index (χ3v) is 5.95. The Bertz CT molecular complexity index is 1160. The summed E-state index contributed by atoms with van der Waals surface area (Å²) in [6, 6.07) is 17.2. The lowest BCUT2D eigenvalue weighted by atomic mass is 10.1. The zero-order chi connectivity index (χ0) is 18.9. The van der Waals surface area contributed by atoms with Crippen LogP contribution in [0.1, 0.15) is 0 Å². The molecule has 0 amide bonds. The molecule has 0 saturated carbocycles. The van der Waals surface area contributed by atoms with Gasteiger partial charge < -0.3 is 4.18 Å². The van der Waals surface area contributed by atoms with Crippen LogP contribution in [-0.4, -0.2) is 23.9 Å². The second-order valence-electron chi connectivity index (χ2n) is 5.45. The maximum Gasteiger partial charge on any atom is 0.488 e. The molecule has 3 aromatic carbocycles. The molecule has 0 N–H and O–H groups in total. The second kappa shape index (κ2) is 6.58. The highest BCUT2D eigenvalue weighted by Gasteiger charge is 2.22. The van der Waals surface area contributed by atoms with Crippen molar-refractivity contribution in [2.75, 3.05) is 11.4 Å². The molecular formula is C17H14FNO5S2. The summed E-state index contributed by atoms with van der Waals surface area (Å²) in [6.45, 7) is 0. The van der Waals surface area contributed by atoms with Crippen molar-refractivity contribution in [1.29, 1.82) is 0 Å². The summed E-state index contributed by atoms with van der Waals surface area (Å²) in [5, 5.41) is 1.71. The minimum atomic E-state index is -5.13. The fourth-order valence-corrected chi connectivity index (χ4v) is 4.02. The van der Waals surface area contributed by atoms with Crippen molar-refractivity contribution in [1.82, 2.24) is 0 Å². The van der Waals surface area contributed by atoms with Crippen molar-refractivity contribution in [3.8, 4) is 5.75 Å². The normalized spacial score (nSPS) is 12.1. The first-order chi connectivity index (χ1) is 12.2. The van der Waals surface area contributed by atoms with Gasteiger partial charge in [0.2, 0.25) is 0 Å². The van der Waals surface area contributed by atoms with Gasteiger partial charge in [0.05, 0.1) is 10.6 Å². The van der Waals surface area contributed by atoms with Crippen LogP contribution in [0.25, 0.3) is 10.8 Å².